The summed E-state index contributed by atoms with van der Waals surface area (Å²) in [6.07, 6.45) is -4.48. The van der Waals surface area contributed by atoms with Gasteiger partial charge in [0.15, 0.2) is 0 Å². The molecule has 1 heterocycles. The predicted molar refractivity (Wildman–Crippen MR) is 64.2 cm³/mol. The highest BCUT2D eigenvalue weighted by Crippen LogP contribution is 2.34. The van der Waals surface area contributed by atoms with Crippen molar-refractivity contribution < 1.29 is 17.6 Å². The summed E-state index contributed by atoms with van der Waals surface area (Å²) in [7, 11) is 0. The highest BCUT2D eigenvalue weighted by molar-refractivity contribution is 7.99. The summed E-state index contributed by atoms with van der Waals surface area (Å²) in [6.45, 7) is 0. The third-order valence-corrected chi connectivity index (χ3v) is 3.11. The average molecular weight is 288 g/mol. The quantitative estimate of drug-likeness (QED) is 0.850. The lowest BCUT2D eigenvalue weighted by atomic mass is 10.2. The lowest BCUT2D eigenvalue weighted by molar-refractivity contribution is -0.137. The molecule has 2 aromatic rings. The van der Waals surface area contributed by atoms with Crippen LogP contribution in [0.3, 0.4) is 0 Å². The first kappa shape index (κ1) is 13.7. The number of nitrogens with two attached hydrogens (primary N) is 1. The van der Waals surface area contributed by atoms with Gasteiger partial charge in [-0.1, -0.05) is 11.8 Å². The van der Waals surface area contributed by atoms with Crippen LogP contribution in [0.4, 0.5) is 23.4 Å². The van der Waals surface area contributed by atoms with Gasteiger partial charge in [0.2, 0.25) is 0 Å². The van der Waals surface area contributed by atoms with E-state index in [0.29, 0.717) is 4.90 Å². The summed E-state index contributed by atoms with van der Waals surface area (Å²) in [5.41, 5.74) is 4.49. The lowest BCUT2D eigenvalue weighted by Crippen LogP contribution is -2.07. The highest BCUT2D eigenvalue weighted by atomic mass is 32.2. The molecule has 0 fully saturated rings. The Morgan fingerprint density at radius 2 is 1.68 bits per heavy atom. The van der Waals surface area contributed by atoms with E-state index >= 15 is 0 Å². The molecule has 0 amide bonds. The van der Waals surface area contributed by atoms with Crippen molar-refractivity contribution in [3.63, 3.8) is 0 Å². The molecule has 0 unspecified atom stereocenters. The number of nitrogens with zero attached hydrogens (tertiary/aromatic N) is 1. The standard InChI is InChI=1S/C12H8F4N2S/c13-8-1-3-9(4-2-8)19-11-6-7(12(14,15)16)5-10(17)18-11/h1-6H,(H2,17,18). The van der Waals surface area contributed by atoms with E-state index < -0.39 is 17.6 Å². The second kappa shape index (κ2) is 5.08. The molecular formula is C12H8F4N2S. The number of anilines is 1. The second-order valence-corrected chi connectivity index (χ2v) is 4.77. The molecule has 0 spiro atoms. The third kappa shape index (κ3) is 3.60. The van der Waals surface area contributed by atoms with Crippen LogP contribution in [0.25, 0.3) is 0 Å². The minimum Gasteiger partial charge on any atom is -0.384 e. The number of aromatic nitrogens is 1. The molecule has 0 radical (unpaired) electrons. The fourth-order valence-corrected chi connectivity index (χ4v) is 2.22. The topological polar surface area (TPSA) is 38.9 Å². The Morgan fingerprint density at radius 1 is 1.05 bits per heavy atom. The molecule has 0 aliphatic rings. The number of pyridine rings is 1. The smallest absolute Gasteiger partial charge is 0.384 e. The van der Waals surface area contributed by atoms with Crippen LogP contribution in [0, 0.1) is 5.82 Å². The Bertz CT molecular complexity index is 581. The number of rotatable bonds is 2. The van der Waals surface area contributed by atoms with Crippen LogP contribution in [0.2, 0.25) is 0 Å². The first-order valence-corrected chi connectivity index (χ1v) is 5.94. The van der Waals surface area contributed by atoms with Crippen molar-refractivity contribution in [3.05, 3.63) is 47.8 Å². The molecular weight excluding hydrogens is 280 g/mol. The summed E-state index contributed by atoms with van der Waals surface area (Å²) in [4.78, 5) is 4.39. The second-order valence-electron chi connectivity index (χ2n) is 3.67. The van der Waals surface area contributed by atoms with Crippen LogP contribution in [0.15, 0.2) is 46.3 Å². The van der Waals surface area contributed by atoms with Crippen LogP contribution in [-0.2, 0) is 6.18 Å². The zero-order valence-electron chi connectivity index (χ0n) is 9.41. The van der Waals surface area contributed by atoms with Gasteiger partial charge in [0, 0.05) is 4.90 Å². The molecule has 7 heteroatoms. The van der Waals surface area contributed by atoms with Crippen LogP contribution < -0.4 is 5.73 Å². The van der Waals surface area contributed by atoms with E-state index in [2.05, 4.69) is 4.98 Å². The predicted octanol–water partition coefficient (Wildman–Crippen LogP) is 3.97. The van der Waals surface area contributed by atoms with Crippen molar-refractivity contribution in [3.8, 4) is 0 Å². The Balaban J connectivity index is 2.30. The fourth-order valence-electron chi connectivity index (χ4n) is 1.37. The first-order chi connectivity index (χ1) is 8.84. The fraction of sp³-hybridized carbons (Fsp3) is 0.0833. The van der Waals surface area contributed by atoms with Gasteiger partial charge in [0.1, 0.15) is 16.7 Å². The summed E-state index contributed by atoms with van der Waals surface area (Å²) in [5, 5.41) is 0.110. The number of nitrogen functional groups attached to an aromatic ring is 1. The molecule has 0 aliphatic heterocycles. The number of alkyl halides is 3. The molecule has 2 N–H and O–H groups in total. The molecule has 1 aromatic carbocycles. The Morgan fingerprint density at radius 3 is 2.26 bits per heavy atom. The van der Waals surface area contributed by atoms with Gasteiger partial charge in [-0.25, -0.2) is 9.37 Å². The van der Waals surface area contributed by atoms with Crippen molar-refractivity contribution in [1.29, 1.82) is 0 Å². The normalized spacial score (nSPS) is 11.6. The molecule has 0 saturated heterocycles. The van der Waals surface area contributed by atoms with Crippen LogP contribution in [-0.4, -0.2) is 4.98 Å². The monoisotopic (exact) mass is 288 g/mol. The van der Waals surface area contributed by atoms with Crippen LogP contribution in [0.1, 0.15) is 5.56 Å². The molecule has 100 valence electrons. The van der Waals surface area contributed by atoms with Crippen molar-refractivity contribution in [2.45, 2.75) is 16.1 Å². The number of hydrogen-bond acceptors (Lipinski definition) is 3. The molecule has 2 rings (SSSR count). The van der Waals surface area contributed by atoms with Crippen molar-refractivity contribution in [2.75, 3.05) is 5.73 Å². The largest absolute Gasteiger partial charge is 0.416 e. The first-order valence-electron chi connectivity index (χ1n) is 5.13. The van der Waals surface area contributed by atoms with E-state index in [1.807, 2.05) is 0 Å². The van der Waals surface area contributed by atoms with E-state index in [9.17, 15) is 17.6 Å². The van der Waals surface area contributed by atoms with Crippen LogP contribution in [0.5, 0.6) is 0 Å². The summed E-state index contributed by atoms with van der Waals surface area (Å²) < 4.78 is 50.5. The maximum absolute atomic E-state index is 12.7. The SMILES string of the molecule is Nc1cc(C(F)(F)F)cc(Sc2ccc(F)cc2)n1. The molecule has 0 atom stereocenters. The van der Waals surface area contributed by atoms with E-state index in [4.69, 9.17) is 5.73 Å². The average Bonchev–Trinajstić information content (AvgIpc) is 2.30. The molecule has 0 bridgehead atoms. The van der Waals surface area contributed by atoms with Gasteiger partial charge in [-0.3, -0.25) is 0 Å². The van der Waals surface area contributed by atoms with Gasteiger partial charge >= 0.3 is 6.18 Å². The molecule has 0 aliphatic carbocycles. The summed E-state index contributed by atoms with van der Waals surface area (Å²) in [6, 6.07) is 7.04. The van der Waals surface area contributed by atoms with Gasteiger partial charge in [-0.15, -0.1) is 0 Å². The molecule has 2 nitrogen and oxygen atoms in total. The number of hydrogen-bond donors (Lipinski definition) is 1. The number of benzene rings is 1. The minimum absolute atomic E-state index is 0.110. The Kier molecular flexibility index (Phi) is 3.66. The summed E-state index contributed by atoms with van der Waals surface area (Å²) in [5.74, 6) is -0.625. The van der Waals surface area contributed by atoms with Crippen molar-refractivity contribution in [1.82, 2.24) is 4.98 Å². The molecule has 0 saturated carbocycles. The molecule has 19 heavy (non-hydrogen) atoms. The van der Waals surface area contributed by atoms with Gasteiger partial charge in [0.05, 0.1) is 5.56 Å². The van der Waals surface area contributed by atoms with Gasteiger partial charge < -0.3 is 5.73 Å². The van der Waals surface area contributed by atoms with E-state index in [1.165, 1.54) is 24.3 Å². The van der Waals surface area contributed by atoms with E-state index in [-0.39, 0.29) is 10.8 Å². The van der Waals surface area contributed by atoms with Gasteiger partial charge in [-0.05, 0) is 36.4 Å². The van der Waals surface area contributed by atoms with Gasteiger partial charge in [0.25, 0.3) is 0 Å². The maximum atomic E-state index is 12.7. The molecule has 1 aromatic heterocycles. The zero-order valence-corrected chi connectivity index (χ0v) is 10.2. The van der Waals surface area contributed by atoms with Crippen LogP contribution >= 0.6 is 11.8 Å². The lowest BCUT2D eigenvalue weighted by Gasteiger charge is -2.09. The number of halogens is 4. The Hall–Kier alpha value is -1.76. The van der Waals surface area contributed by atoms with E-state index in [1.54, 1.807) is 0 Å². The third-order valence-electron chi connectivity index (χ3n) is 2.19. The maximum Gasteiger partial charge on any atom is 0.416 e. The van der Waals surface area contributed by atoms with Crippen molar-refractivity contribution >= 4 is 17.6 Å². The highest BCUT2D eigenvalue weighted by Gasteiger charge is 2.31. The van der Waals surface area contributed by atoms with Crippen molar-refractivity contribution in [2.24, 2.45) is 0 Å². The summed E-state index contributed by atoms with van der Waals surface area (Å²) >= 11 is 0.983. The Labute approximate surface area is 110 Å². The van der Waals surface area contributed by atoms with E-state index in [0.717, 1.165) is 23.9 Å². The van der Waals surface area contributed by atoms with Gasteiger partial charge in [-0.2, -0.15) is 13.2 Å². The minimum atomic E-state index is -4.48. The zero-order chi connectivity index (χ0) is 14.0.